The van der Waals surface area contributed by atoms with Gasteiger partial charge < -0.3 is 4.74 Å². The maximum Gasteiger partial charge on any atom is 0.320 e. The van der Waals surface area contributed by atoms with Gasteiger partial charge in [0.2, 0.25) is 0 Å². The number of allylic oxidation sites excluding steroid dienone is 1. The van der Waals surface area contributed by atoms with Crippen molar-refractivity contribution in [3.8, 4) is 0 Å². The van der Waals surface area contributed by atoms with Crippen LogP contribution in [-0.2, 0) is 14.3 Å². The standard InChI is InChI=1S/C14H20O3/c1-6-9-13(4)8-7-12(2,3)10(15)14(9,13)11(16)17-5/h6,9H,1,7-8H2,2-5H3/t9?,13-,14-/m0/s1. The fraction of sp³-hybridized carbons (Fsp3) is 0.714. The van der Waals surface area contributed by atoms with Crippen molar-refractivity contribution >= 4 is 11.8 Å². The van der Waals surface area contributed by atoms with Gasteiger partial charge in [-0.05, 0) is 18.3 Å². The Kier molecular flexibility index (Phi) is 2.33. The van der Waals surface area contributed by atoms with Gasteiger partial charge >= 0.3 is 5.97 Å². The zero-order valence-corrected chi connectivity index (χ0v) is 11.0. The molecule has 17 heavy (non-hydrogen) atoms. The van der Waals surface area contributed by atoms with Crippen LogP contribution in [0.15, 0.2) is 12.7 Å². The van der Waals surface area contributed by atoms with Crippen molar-refractivity contribution in [2.75, 3.05) is 7.11 Å². The van der Waals surface area contributed by atoms with Crippen LogP contribution in [0.2, 0.25) is 0 Å². The monoisotopic (exact) mass is 236 g/mol. The summed E-state index contributed by atoms with van der Waals surface area (Å²) in [4.78, 5) is 24.7. The van der Waals surface area contributed by atoms with Gasteiger partial charge in [0.25, 0.3) is 0 Å². The maximum atomic E-state index is 12.6. The van der Waals surface area contributed by atoms with Gasteiger partial charge in [0, 0.05) is 11.3 Å². The van der Waals surface area contributed by atoms with Crippen LogP contribution >= 0.6 is 0 Å². The van der Waals surface area contributed by atoms with E-state index in [1.54, 1.807) is 6.08 Å². The maximum absolute atomic E-state index is 12.6. The minimum Gasteiger partial charge on any atom is -0.468 e. The summed E-state index contributed by atoms with van der Waals surface area (Å²) >= 11 is 0. The summed E-state index contributed by atoms with van der Waals surface area (Å²) in [6.45, 7) is 9.61. The van der Waals surface area contributed by atoms with Gasteiger partial charge in [-0.1, -0.05) is 26.8 Å². The van der Waals surface area contributed by atoms with E-state index in [1.807, 2.05) is 20.8 Å². The number of methoxy groups -OCH3 is 1. The molecule has 0 radical (unpaired) electrons. The molecule has 0 aromatic rings. The minimum absolute atomic E-state index is 0.0236. The molecule has 3 heteroatoms. The number of hydrogen-bond acceptors (Lipinski definition) is 3. The molecule has 0 N–H and O–H groups in total. The Morgan fingerprint density at radius 1 is 1.41 bits per heavy atom. The van der Waals surface area contributed by atoms with E-state index >= 15 is 0 Å². The molecule has 0 amide bonds. The summed E-state index contributed by atoms with van der Waals surface area (Å²) in [7, 11) is 1.35. The molecule has 2 saturated carbocycles. The lowest BCUT2D eigenvalue weighted by molar-refractivity contribution is -0.159. The summed E-state index contributed by atoms with van der Waals surface area (Å²) in [5, 5.41) is 0. The van der Waals surface area contributed by atoms with Crippen molar-refractivity contribution < 1.29 is 14.3 Å². The predicted octanol–water partition coefficient (Wildman–Crippen LogP) is 2.36. The zero-order valence-electron chi connectivity index (χ0n) is 11.0. The van der Waals surface area contributed by atoms with Crippen LogP contribution < -0.4 is 0 Å². The van der Waals surface area contributed by atoms with E-state index in [4.69, 9.17) is 4.74 Å². The van der Waals surface area contributed by atoms with Crippen molar-refractivity contribution in [2.24, 2.45) is 22.2 Å². The Balaban J connectivity index is 2.53. The van der Waals surface area contributed by atoms with Crippen molar-refractivity contribution in [1.82, 2.24) is 0 Å². The number of rotatable bonds is 2. The van der Waals surface area contributed by atoms with Crippen LogP contribution in [0.3, 0.4) is 0 Å². The topological polar surface area (TPSA) is 43.4 Å². The number of carbonyl (C=O) groups is 2. The second kappa shape index (κ2) is 3.21. The van der Waals surface area contributed by atoms with E-state index in [2.05, 4.69) is 6.58 Å². The van der Waals surface area contributed by atoms with Gasteiger partial charge in [-0.15, -0.1) is 6.58 Å². The van der Waals surface area contributed by atoms with Gasteiger partial charge in [-0.3, -0.25) is 9.59 Å². The molecule has 0 spiro atoms. The number of ether oxygens (including phenoxy) is 1. The van der Waals surface area contributed by atoms with Crippen molar-refractivity contribution in [3.05, 3.63) is 12.7 Å². The number of ketones is 1. The van der Waals surface area contributed by atoms with Crippen LogP contribution in [0.5, 0.6) is 0 Å². The average molecular weight is 236 g/mol. The Bertz CT molecular complexity index is 410. The molecule has 3 nitrogen and oxygen atoms in total. The Morgan fingerprint density at radius 2 is 2.00 bits per heavy atom. The van der Waals surface area contributed by atoms with Gasteiger partial charge in [0.1, 0.15) is 5.41 Å². The van der Waals surface area contributed by atoms with Gasteiger partial charge in [0.05, 0.1) is 7.11 Å². The highest BCUT2D eigenvalue weighted by Crippen LogP contribution is 2.77. The number of esters is 1. The van der Waals surface area contributed by atoms with E-state index in [0.29, 0.717) is 0 Å². The molecule has 2 fully saturated rings. The number of hydrogen-bond donors (Lipinski definition) is 0. The van der Waals surface area contributed by atoms with Gasteiger partial charge in [-0.25, -0.2) is 0 Å². The molecule has 0 heterocycles. The SMILES string of the molecule is C=CC1[C@@]2(C(=O)OC)C(=O)C(C)(C)CC[C@@]12C. The molecule has 2 rings (SSSR count). The molecule has 0 aromatic heterocycles. The van der Waals surface area contributed by atoms with Crippen LogP contribution in [0.1, 0.15) is 33.6 Å². The summed E-state index contributed by atoms with van der Waals surface area (Å²) in [5.41, 5.74) is -1.69. The quantitative estimate of drug-likeness (QED) is 0.420. The third-order valence-corrected chi connectivity index (χ3v) is 4.96. The summed E-state index contributed by atoms with van der Waals surface area (Å²) < 4.78 is 4.89. The fourth-order valence-electron chi connectivity index (χ4n) is 3.74. The molecule has 2 aliphatic carbocycles. The van der Waals surface area contributed by atoms with E-state index in [1.165, 1.54) is 7.11 Å². The molecule has 0 bridgehead atoms. The zero-order chi connectivity index (χ0) is 13.1. The molecular formula is C14H20O3. The number of fused-ring (bicyclic) bond motifs is 1. The third kappa shape index (κ3) is 1.12. The second-order valence-corrected chi connectivity index (χ2v) is 6.14. The largest absolute Gasteiger partial charge is 0.468 e. The molecule has 1 unspecified atom stereocenters. The molecular weight excluding hydrogens is 216 g/mol. The molecule has 0 aromatic carbocycles. The molecule has 2 aliphatic rings. The highest BCUT2D eigenvalue weighted by molar-refractivity contribution is 6.12. The molecule has 0 aliphatic heterocycles. The van der Waals surface area contributed by atoms with E-state index in [-0.39, 0.29) is 23.1 Å². The minimum atomic E-state index is -0.967. The Hall–Kier alpha value is -1.12. The van der Waals surface area contributed by atoms with Crippen molar-refractivity contribution in [1.29, 1.82) is 0 Å². The first-order chi connectivity index (χ1) is 7.79. The fourth-order valence-corrected chi connectivity index (χ4v) is 3.74. The molecule has 3 atom stereocenters. The highest BCUT2D eigenvalue weighted by Gasteiger charge is 2.83. The Labute approximate surface area is 102 Å². The van der Waals surface area contributed by atoms with Crippen LogP contribution in [-0.4, -0.2) is 18.9 Å². The third-order valence-electron chi connectivity index (χ3n) is 4.96. The van der Waals surface area contributed by atoms with E-state index in [9.17, 15) is 9.59 Å². The lowest BCUT2D eigenvalue weighted by atomic mass is 9.66. The first kappa shape index (κ1) is 12.3. The summed E-state index contributed by atoms with van der Waals surface area (Å²) in [6.07, 6.45) is 3.44. The van der Waals surface area contributed by atoms with Crippen molar-refractivity contribution in [3.63, 3.8) is 0 Å². The van der Waals surface area contributed by atoms with E-state index < -0.39 is 10.8 Å². The van der Waals surface area contributed by atoms with E-state index in [0.717, 1.165) is 12.8 Å². The highest BCUT2D eigenvalue weighted by atomic mass is 16.5. The Morgan fingerprint density at radius 3 is 2.47 bits per heavy atom. The van der Waals surface area contributed by atoms with Crippen LogP contribution in [0, 0.1) is 22.2 Å². The first-order valence-corrected chi connectivity index (χ1v) is 6.05. The number of carbonyl (C=O) groups excluding carboxylic acids is 2. The number of Topliss-reactive ketones (excluding diaryl/α,β-unsaturated/α-hetero) is 1. The second-order valence-electron chi connectivity index (χ2n) is 6.14. The summed E-state index contributed by atoms with van der Waals surface area (Å²) in [5.74, 6) is -0.435. The molecule has 94 valence electrons. The van der Waals surface area contributed by atoms with Crippen molar-refractivity contribution in [2.45, 2.75) is 33.6 Å². The van der Waals surface area contributed by atoms with Gasteiger partial charge in [0.15, 0.2) is 5.78 Å². The average Bonchev–Trinajstić information content (AvgIpc) is 2.85. The smallest absolute Gasteiger partial charge is 0.320 e. The van der Waals surface area contributed by atoms with Crippen LogP contribution in [0.25, 0.3) is 0 Å². The van der Waals surface area contributed by atoms with Gasteiger partial charge in [-0.2, -0.15) is 0 Å². The lowest BCUT2D eigenvalue weighted by Gasteiger charge is -2.35. The van der Waals surface area contributed by atoms with Crippen LogP contribution in [0.4, 0.5) is 0 Å². The predicted molar refractivity (Wildman–Crippen MR) is 64.3 cm³/mol. The molecule has 0 saturated heterocycles. The normalized spacial score (nSPS) is 42.6. The lowest BCUT2D eigenvalue weighted by Crippen LogP contribution is -2.45. The first-order valence-electron chi connectivity index (χ1n) is 6.05. The summed E-state index contributed by atoms with van der Waals surface area (Å²) in [6, 6.07) is 0.